The Morgan fingerprint density at radius 2 is 0.943 bits per heavy atom. The van der Waals surface area contributed by atoms with Gasteiger partial charge in [-0.1, -0.05) is 111 Å². The molecular formula is C32H51N3. The highest BCUT2D eigenvalue weighted by Gasteiger charge is 2.28. The van der Waals surface area contributed by atoms with Crippen LogP contribution in [0.5, 0.6) is 0 Å². The maximum atomic E-state index is 4.07. The van der Waals surface area contributed by atoms with Gasteiger partial charge in [-0.2, -0.15) is 0 Å². The van der Waals surface area contributed by atoms with E-state index >= 15 is 0 Å². The zero-order valence-corrected chi connectivity index (χ0v) is 23.9. The molecule has 194 valence electrons. The van der Waals surface area contributed by atoms with Crippen LogP contribution in [0, 0.1) is 0 Å². The fourth-order valence-electron chi connectivity index (χ4n) is 5.65. The lowest BCUT2D eigenvalue weighted by atomic mass is 9.91. The predicted molar refractivity (Wildman–Crippen MR) is 155 cm³/mol. The van der Waals surface area contributed by atoms with Crippen LogP contribution in [-0.2, 0) is 0 Å². The SMILES string of the molecule is CC(C)c1cccc(C(C)C)c1NC(Nc1c(C(C)C)cccc1C(C)C)N(C)C1CCCCC1. The Morgan fingerprint density at radius 1 is 0.600 bits per heavy atom. The standard InChI is InChI=1S/C32H51N3/c1-21(2)26-17-13-18-27(22(3)4)30(26)33-32(35(9)25-15-11-10-12-16-25)34-31-28(23(5)6)19-14-20-29(31)24(7)8/h13-14,17-25,32-34H,10-12,15-16H2,1-9H3. The van der Waals surface area contributed by atoms with Crippen molar-refractivity contribution in [3.8, 4) is 0 Å². The zero-order valence-electron chi connectivity index (χ0n) is 23.9. The second-order valence-electron chi connectivity index (χ2n) is 11.9. The molecule has 3 rings (SSSR count). The van der Waals surface area contributed by atoms with E-state index in [1.165, 1.54) is 65.7 Å². The molecule has 0 aromatic heterocycles. The Labute approximate surface area is 216 Å². The van der Waals surface area contributed by atoms with E-state index in [0.717, 1.165) is 0 Å². The number of hydrogen-bond acceptors (Lipinski definition) is 3. The molecule has 2 N–H and O–H groups in total. The van der Waals surface area contributed by atoms with E-state index in [4.69, 9.17) is 0 Å². The minimum atomic E-state index is 0.0212. The average Bonchev–Trinajstić information content (AvgIpc) is 2.83. The molecule has 1 saturated carbocycles. The van der Waals surface area contributed by atoms with Crippen molar-refractivity contribution in [3.05, 3.63) is 58.7 Å². The third-order valence-corrected chi connectivity index (χ3v) is 7.87. The minimum Gasteiger partial charge on any atom is -0.352 e. The topological polar surface area (TPSA) is 27.3 Å². The molecular weight excluding hydrogens is 426 g/mol. The smallest absolute Gasteiger partial charge is 0.155 e. The van der Waals surface area contributed by atoms with Crippen LogP contribution in [0.1, 0.15) is 133 Å². The van der Waals surface area contributed by atoms with Gasteiger partial charge in [-0.15, -0.1) is 0 Å². The van der Waals surface area contributed by atoms with Crippen LogP contribution < -0.4 is 10.6 Å². The van der Waals surface area contributed by atoms with Crippen molar-refractivity contribution >= 4 is 11.4 Å². The Kier molecular flexibility index (Phi) is 9.69. The van der Waals surface area contributed by atoms with E-state index in [-0.39, 0.29) is 6.29 Å². The molecule has 0 atom stereocenters. The molecule has 2 aromatic rings. The van der Waals surface area contributed by atoms with Crippen LogP contribution in [-0.4, -0.2) is 24.3 Å². The van der Waals surface area contributed by atoms with Gasteiger partial charge in [-0.3, -0.25) is 4.90 Å². The Bertz CT molecular complexity index is 820. The van der Waals surface area contributed by atoms with Gasteiger partial charge >= 0.3 is 0 Å². The van der Waals surface area contributed by atoms with E-state index in [2.05, 4.69) is 114 Å². The van der Waals surface area contributed by atoms with E-state index in [1.54, 1.807) is 0 Å². The van der Waals surface area contributed by atoms with Gasteiger partial charge in [0.2, 0.25) is 0 Å². The first-order valence-corrected chi connectivity index (χ1v) is 14.1. The molecule has 0 saturated heterocycles. The van der Waals surface area contributed by atoms with Crippen molar-refractivity contribution in [1.29, 1.82) is 0 Å². The first-order valence-electron chi connectivity index (χ1n) is 14.1. The van der Waals surface area contributed by atoms with Gasteiger partial charge in [0.25, 0.3) is 0 Å². The highest BCUT2D eigenvalue weighted by molar-refractivity contribution is 5.64. The van der Waals surface area contributed by atoms with Gasteiger partial charge in [-0.25, -0.2) is 0 Å². The number of para-hydroxylation sites is 2. The van der Waals surface area contributed by atoms with Crippen LogP contribution >= 0.6 is 0 Å². The Balaban J connectivity index is 2.10. The lowest BCUT2D eigenvalue weighted by Crippen LogP contribution is -2.50. The summed E-state index contributed by atoms with van der Waals surface area (Å²) in [6, 6.07) is 14.3. The largest absolute Gasteiger partial charge is 0.352 e. The summed E-state index contributed by atoms with van der Waals surface area (Å²) in [6.45, 7) is 18.5. The fourth-order valence-corrected chi connectivity index (χ4v) is 5.65. The summed E-state index contributed by atoms with van der Waals surface area (Å²) < 4.78 is 0. The van der Waals surface area contributed by atoms with Gasteiger partial charge in [-0.05, 0) is 65.8 Å². The summed E-state index contributed by atoms with van der Waals surface area (Å²) in [7, 11) is 2.32. The second kappa shape index (κ2) is 12.3. The van der Waals surface area contributed by atoms with Crippen LogP contribution in [0.25, 0.3) is 0 Å². The van der Waals surface area contributed by atoms with Crippen molar-refractivity contribution in [2.45, 2.75) is 123 Å². The van der Waals surface area contributed by atoms with Crippen LogP contribution in [0.15, 0.2) is 36.4 Å². The number of nitrogens with one attached hydrogen (secondary N) is 2. The molecule has 0 aliphatic heterocycles. The molecule has 0 spiro atoms. The average molecular weight is 478 g/mol. The Morgan fingerprint density at radius 3 is 1.26 bits per heavy atom. The number of benzene rings is 2. The van der Waals surface area contributed by atoms with Crippen molar-refractivity contribution in [3.63, 3.8) is 0 Å². The molecule has 3 nitrogen and oxygen atoms in total. The number of rotatable bonds is 10. The molecule has 2 aromatic carbocycles. The number of hydrogen-bond donors (Lipinski definition) is 2. The molecule has 3 heteroatoms. The van der Waals surface area contributed by atoms with E-state index in [9.17, 15) is 0 Å². The molecule has 1 aliphatic rings. The van der Waals surface area contributed by atoms with E-state index in [0.29, 0.717) is 29.7 Å². The van der Waals surface area contributed by atoms with Crippen LogP contribution in [0.3, 0.4) is 0 Å². The van der Waals surface area contributed by atoms with Crippen molar-refractivity contribution in [2.75, 3.05) is 17.7 Å². The molecule has 1 aliphatic carbocycles. The van der Waals surface area contributed by atoms with Gasteiger partial charge in [0, 0.05) is 17.4 Å². The lowest BCUT2D eigenvalue weighted by molar-refractivity contribution is 0.163. The monoisotopic (exact) mass is 477 g/mol. The summed E-state index contributed by atoms with van der Waals surface area (Å²) in [5.41, 5.74) is 8.24. The van der Waals surface area contributed by atoms with Crippen LogP contribution in [0.2, 0.25) is 0 Å². The predicted octanol–water partition coefficient (Wildman–Crippen LogP) is 9.25. The second-order valence-corrected chi connectivity index (χ2v) is 11.9. The quantitative estimate of drug-likeness (QED) is 0.334. The number of nitrogens with zero attached hydrogens (tertiary/aromatic N) is 1. The maximum Gasteiger partial charge on any atom is 0.155 e. The van der Waals surface area contributed by atoms with Crippen molar-refractivity contribution in [2.24, 2.45) is 0 Å². The van der Waals surface area contributed by atoms with Gasteiger partial charge in [0.1, 0.15) is 0 Å². The molecule has 0 radical (unpaired) electrons. The summed E-state index contributed by atoms with van der Waals surface area (Å²) >= 11 is 0. The first kappa shape index (κ1) is 27.6. The highest BCUT2D eigenvalue weighted by Crippen LogP contribution is 2.37. The molecule has 0 unspecified atom stereocenters. The molecule has 0 heterocycles. The van der Waals surface area contributed by atoms with Crippen molar-refractivity contribution < 1.29 is 0 Å². The molecule has 0 bridgehead atoms. The summed E-state index contributed by atoms with van der Waals surface area (Å²) in [4.78, 5) is 2.58. The third-order valence-electron chi connectivity index (χ3n) is 7.87. The van der Waals surface area contributed by atoms with Crippen molar-refractivity contribution in [1.82, 2.24) is 4.90 Å². The summed E-state index contributed by atoms with van der Waals surface area (Å²) in [5, 5.41) is 8.14. The van der Waals surface area contributed by atoms with Gasteiger partial charge in [0.05, 0.1) is 0 Å². The fraction of sp³-hybridized carbons (Fsp3) is 0.625. The van der Waals surface area contributed by atoms with Crippen LogP contribution in [0.4, 0.5) is 11.4 Å². The minimum absolute atomic E-state index is 0.0212. The lowest BCUT2D eigenvalue weighted by Gasteiger charge is -2.40. The normalized spacial score (nSPS) is 15.3. The molecule has 0 amide bonds. The van der Waals surface area contributed by atoms with Gasteiger partial charge in [0.15, 0.2) is 6.29 Å². The molecule has 35 heavy (non-hydrogen) atoms. The summed E-state index contributed by atoms with van der Waals surface area (Å²) in [6.07, 6.45) is 6.62. The third kappa shape index (κ3) is 6.61. The maximum absolute atomic E-state index is 4.07. The number of anilines is 2. The first-order chi connectivity index (χ1) is 16.6. The zero-order chi connectivity index (χ0) is 25.7. The summed E-state index contributed by atoms with van der Waals surface area (Å²) in [5.74, 6) is 1.86. The highest BCUT2D eigenvalue weighted by atomic mass is 15.4. The molecule has 1 fully saturated rings. The van der Waals surface area contributed by atoms with E-state index in [1.807, 2.05) is 0 Å². The van der Waals surface area contributed by atoms with E-state index < -0.39 is 0 Å². The Hall–Kier alpha value is -2.00. The van der Waals surface area contributed by atoms with Gasteiger partial charge < -0.3 is 10.6 Å².